The molecule has 0 spiro atoms. The van der Waals surface area contributed by atoms with E-state index < -0.39 is 10.0 Å². The Kier molecular flexibility index (Phi) is 3.92. The molecule has 2 aromatic rings. The number of amides is 1. The molecule has 0 aliphatic carbocycles. The first-order chi connectivity index (χ1) is 10.4. The molecule has 118 valence electrons. The number of piperidine rings is 1. The van der Waals surface area contributed by atoms with Crippen molar-refractivity contribution in [1.29, 1.82) is 0 Å². The predicted molar refractivity (Wildman–Crippen MR) is 83.1 cm³/mol. The third-order valence-electron chi connectivity index (χ3n) is 3.91. The van der Waals surface area contributed by atoms with E-state index in [-0.39, 0.29) is 17.7 Å². The van der Waals surface area contributed by atoms with Gasteiger partial charge < -0.3 is 9.73 Å². The van der Waals surface area contributed by atoms with Gasteiger partial charge in [-0.25, -0.2) is 12.7 Å². The number of sulfonamides is 1. The average molecular weight is 322 g/mol. The van der Waals surface area contributed by atoms with Crippen LogP contribution in [0.3, 0.4) is 0 Å². The summed E-state index contributed by atoms with van der Waals surface area (Å²) in [5, 5.41) is 3.80. The van der Waals surface area contributed by atoms with Gasteiger partial charge in [-0.1, -0.05) is 18.2 Å². The summed E-state index contributed by atoms with van der Waals surface area (Å²) in [6, 6.07) is 9.14. The van der Waals surface area contributed by atoms with Crippen LogP contribution in [0.5, 0.6) is 0 Å². The Morgan fingerprint density at radius 2 is 1.95 bits per heavy atom. The van der Waals surface area contributed by atoms with Crippen LogP contribution in [-0.4, -0.2) is 44.0 Å². The van der Waals surface area contributed by atoms with Crippen molar-refractivity contribution in [2.45, 2.75) is 18.9 Å². The molecule has 1 saturated heterocycles. The third kappa shape index (κ3) is 3.15. The second-order valence-electron chi connectivity index (χ2n) is 5.56. The van der Waals surface area contributed by atoms with E-state index in [1.807, 2.05) is 24.3 Å². The summed E-state index contributed by atoms with van der Waals surface area (Å²) in [5.41, 5.74) is 0.680. The van der Waals surface area contributed by atoms with Crippen LogP contribution < -0.4 is 5.32 Å². The second kappa shape index (κ2) is 5.73. The lowest BCUT2D eigenvalue weighted by atomic mass is 10.1. The van der Waals surface area contributed by atoms with Crippen molar-refractivity contribution in [3.8, 4) is 0 Å². The van der Waals surface area contributed by atoms with Crippen molar-refractivity contribution in [2.24, 2.45) is 0 Å². The highest BCUT2D eigenvalue weighted by Crippen LogP contribution is 2.19. The van der Waals surface area contributed by atoms with Crippen LogP contribution in [-0.2, 0) is 10.0 Å². The first kappa shape index (κ1) is 15.1. The number of rotatable bonds is 3. The monoisotopic (exact) mass is 322 g/mol. The largest absolute Gasteiger partial charge is 0.451 e. The van der Waals surface area contributed by atoms with Gasteiger partial charge in [-0.2, -0.15) is 0 Å². The van der Waals surface area contributed by atoms with Gasteiger partial charge >= 0.3 is 0 Å². The molecule has 1 aliphatic heterocycles. The maximum atomic E-state index is 12.2. The molecular formula is C15H18N2O4S. The molecule has 0 saturated carbocycles. The van der Waals surface area contributed by atoms with Crippen LogP contribution in [0.1, 0.15) is 23.4 Å². The Labute approximate surface area is 129 Å². The Morgan fingerprint density at radius 3 is 2.59 bits per heavy atom. The fourth-order valence-electron chi connectivity index (χ4n) is 2.68. The SMILES string of the molecule is CS(=O)(=O)N1CCC(NC(=O)c2cc3ccccc3o2)CC1. The zero-order valence-electron chi connectivity index (χ0n) is 12.3. The molecule has 0 radical (unpaired) electrons. The van der Waals surface area contributed by atoms with Gasteiger partial charge in [0.25, 0.3) is 5.91 Å². The van der Waals surface area contributed by atoms with Crippen molar-refractivity contribution in [3.05, 3.63) is 36.1 Å². The van der Waals surface area contributed by atoms with Crippen molar-refractivity contribution in [1.82, 2.24) is 9.62 Å². The summed E-state index contributed by atoms with van der Waals surface area (Å²) in [4.78, 5) is 12.2. The molecule has 6 nitrogen and oxygen atoms in total. The molecule has 0 atom stereocenters. The molecule has 2 heterocycles. The number of nitrogens with one attached hydrogen (secondary N) is 1. The molecule has 1 N–H and O–H groups in total. The minimum Gasteiger partial charge on any atom is -0.451 e. The van der Waals surface area contributed by atoms with Crippen LogP contribution in [0.25, 0.3) is 11.0 Å². The van der Waals surface area contributed by atoms with E-state index in [0.717, 1.165) is 5.39 Å². The van der Waals surface area contributed by atoms with Crippen molar-refractivity contribution in [3.63, 3.8) is 0 Å². The fourth-order valence-corrected chi connectivity index (χ4v) is 3.56. The Hall–Kier alpha value is -1.86. The summed E-state index contributed by atoms with van der Waals surface area (Å²) >= 11 is 0. The minimum absolute atomic E-state index is 0.0290. The molecule has 1 aromatic heterocycles. The van der Waals surface area contributed by atoms with Crippen LogP contribution in [0.2, 0.25) is 0 Å². The maximum Gasteiger partial charge on any atom is 0.287 e. The minimum atomic E-state index is -3.15. The van der Waals surface area contributed by atoms with E-state index in [0.29, 0.717) is 31.5 Å². The predicted octanol–water partition coefficient (Wildman–Crippen LogP) is 1.59. The molecule has 1 aliphatic rings. The van der Waals surface area contributed by atoms with Gasteiger partial charge in [0, 0.05) is 24.5 Å². The Balaban J connectivity index is 1.63. The molecule has 1 amide bonds. The van der Waals surface area contributed by atoms with Gasteiger partial charge in [0.1, 0.15) is 5.58 Å². The number of fused-ring (bicyclic) bond motifs is 1. The highest BCUT2D eigenvalue weighted by molar-refractivity contribution is 7.88. The Bertz CT molecular complexity index is 756. The molecule has 3 rings (SSSR count). The van der Waals surface area contributed by atoms with E-state index in [4.69, 9.17) is 4.42 Å². The van der Waals surface area contributed by atoms with Gasteiger partial charge in [0.15, 0.2) is 5.76 Å². The number of hydrogen-bond acceptors (Lipinski definition) is 4. The van der Waals surface area contributed by atoms with Crippen LogP contribution >= 0.6 is 0 Å². The number of carbonyl (C=O) groups excluding carboxylic acids is 1. The first-order valence-corrected chi connectivity index (χ1v) is 9.03. The number of para-hydroxylation sites is 1. The number of furan rings is 1. The van der Waals surface area contributed by atoms with Crippen LogP contribution in [0.15, 0.2) is 34.7 Å². The number of hydrogen-bond donors (Lipinski definition) is 1. The van der Waals surface area contributed by atoms with E-state index in [9.17, 15) is 13.2 Å². The molecule has 1 fully saturated rings. The summed E-state index contributed by atoms with van der Waals surface area (Å²) in [5.74, 6) is 0.0285. The van der Waals surface area contributed by atoms with Gasteiger partial charge in [0.2, 0.25) is 10.0 Å². The summed E-state index contributed by atoms with van der Waals surface area (Å²) in [7, 11) is -3.15. The zero-order chi connectivity index (χ0) is 15.7. The number of nitrogens with zero attached hydrogens (tertiary/aromatic N) is 1. The maximum absolute atomic E-state index is 12.2. The van der Waals surface area contributed by atoms with Crippen LogP contribution in [0.4, 0.5) is 0 Å². The van der Waals surface area contributed by atoms with Gasteiger partial charge in [-0.05, 0) is 25.0 Å². The zero-order valence-corrected chi connectivity index (χ0v) is 13.1. The highest BCUT2D eigenvalue weighted by Gasteiger charge is 2.26. The second-order valence-corrected chi connectivity index (χ2v) is 7.54. The average Bonchev–Trinajstić information content (AvgIpc) is 2.91. The standard InChI is InChI=1S/C15H18N2O4S/c1-22(19,20)17-8-6-12(7-9-17)16-15(18)14-10-11-4-2-3-5-13(11)21-14/h2-5,10,12H,6-9H2,1H3,(H,16,18). The van der Waals surface area contributed by atoms with Crippen molar-refractivity contribution in [2.75, 3.05) is 19.3 Å². The number of carbonyl (C=O) groups is 1. The normalized spacial score (nSPS) is 17.7. The molecule has 22 heavy (non-hydrogen) atoms. The lowest BCUT2D eigenvalue weighted by molar-refractivity contribution is 0.0898. The van der Waals surface area contributed by atoms with E-state index in [1.165, 1.54) is 10.6 Å². The lowest BCUT2D eigenvalue weighted by Gasteiger charge is -2.30. The smallest absolute Gasteiger partial charge is 0.287 e. The van der Waals surface area contributed by atoms with Gasteiger partial charge in [-0.15, -0.1) is 0 Å². The Morgan fingerprint density at radius 1 is 1.27 bits per heavy atom. The lowest BCUT2D eigenvalue weighted by Crippen LogP contribution is -2.46. The van der Waals surface area contributed by atoms with Crippen molar-refractivity contribution >= 4 is 26.9 Å². The summed E-state index contributed by atoms with van der Waals surface area (Å²) in [6.45, 7) is 0.869. The molecule has 0 unspecified atom stereocenters. The molecule has 7 heteroatoms. The van der Waals surface area contributed by atoms with Crippen molar-refractivity contribution < 1.29 is 17.6 Å². The fraction of sp³-hybridized carbons (Fsp3) is 0.400. The van der Waals surface area contributed by atoms with Gasteiger partial charge in [0.05, 0.1) is 6.26 Å². The van der Waals surface area contributed by atoms with E-state index >= 15 is 0 Å². The highest BCUT2D eigenvalue weighted by atomic mass is 32.2. The van der Waals surface area contributed by atoms with E-state index in [2.05, 4.69) is 5.32 Å². The molecular weight excluding hydrogens is 304 g/mol. The summed E-state index contributed by atoms with van der Waals surface area (Å²) in [6.07, 6.45) is 2.43. The van der Waals surface area contributed by atoms with Gasteiger partial charge in [-0.3, -0.25) is 4.79 Å². The molecule has 1 aromatic carbocycles. The quantitative estimate of drug-likeness (QED) is 0.930. The topological polar surface area (TPSA) is 79.6 Å². The van der Waals surface area contributed by atoms with E-state index in [1.54, 1.807) is 6.07 Å². The first-order valence-electron chi connectivity index (χ1n) is 7.18. The molecule has 0 bridgehead atoms. The summed E-state index contributed by atoms with van der Waals surface area (Å²) < 4.78 is 29.9. The number of benzene rings is 1. The third-order valence-corrected chi connectivity index (χ3v) is 5.21. The van der Waals surface area contributed by atoms with Crippen LogP contribution in [0, 0.1) is 0 Å².